The summed E-state index contributed by atoms with van der Waals surface area (Å²) in [6, 6.07) is 6.97. The Morgan fingerprint density at radius 1 is 1.32 bits per heavy atom. The Labute approximate surface area is 170 Å². The molecule has 146 valence electrons. The third-order valence-corrected chi connectivity index (χ3v) is 5.15. The Morgan fingerprint density at radius 3 is 2.68 bits per heavy atom. The standard InChI is InChI=1S/C19H19ClN4O3S/c1-9(2)27-15-7-14-11(6-13(15)20)5-12(17(25)23-14)10(3)22-19-24-18(26-4)16(8-21)28-19/h5-7,9-10H,1-4H3,(H,22,24)(H,23,25)/t10-/m0/s1. The van der Waals surface area contributed by atoms with Gasteiger partial charge in [0.1, 0.15) is 11.8 Å². The number of nitriles is 1. The van der Waals surface area contributed by atoms with Crippen molar-refractivity contribution in [3.8, 4) is 17.7 Å². The van der Waals surface area contributed by atoms with Crippen molar-refractivity contribution >= 4 is 39.0 Å². The van der Waals surface area contributed by atoms with Crippen LogP contribution in [0, 0.1) is 11.3 Å². The highest BCUT2D eigenvalue weighted by molar-refractivity contribution is 7.16. The molecular weight excluding hydrogens is 400 g/mol. The average Bonchev–Trinajstić information content (AvgIpc) is 3.03. The molecule has 0 saturated carbocycles. The number of hydrogen-bond donors (Lipinski definition) is 2. The molecule has 1 atom stereocenters. The summed E-state index contributed by atoms with van der Waals surface area (Å²) in [6.45, 7) is 5.66. The van der Waals surface area contributed by atoms with Crippen molar-refractivity contribution < 1.29 is 9.47 Å². The maximum atomic E-state index is 12.6. The smallest absolute Gasteiger partial charge is 0.253 e. The van der Waals surface area contributed by atoms with Crippen molar-refractivity contribution in [1.82, 2.24) is 9.97 Å². The van der Waals surface area contributed by atoms with Crippen molar-refractivity contribution in [3.63, 3.8) is 0 Å². The first-order valence-electron chi connectivity index (χ1n) is 8.57. The van der Waals surface area contributed by atoms with E-state index in [0.29, 0.717) is 31.9 Å². The second kappa shape index (κ2) is 8.09. The Balaban J connectivity index is 1.94. The van der Waals surface area contributed by atoms with Crippen LogP contribution in [0.5, 0.6) is 11.6 Å². The Kier molecular flexibility index (Phi) is 5.77. The molecule has 0 radical (unpaired) electrons. The molecule has 0 unspecified atom stereocenters. The van der Waals surface area contributed by atoms with Gasteiger partial charge in [-0.2, -0.15) is 10.2 Å². The average molecular weight is 419 g/mol. The number of pyridine rings is 1. The number of fused-ring (bicyclic) bond motifs is 1. The van der Waals surface area contributed by atoms with Crippen molar-refractivity contribution in [2.45, 2.75) is 32.9 Å². The number of thiazole rings is 1. The second-order valence-corrected chi connectivity index (χ2v) is 7.83. The number of ether oxygens (including phenoxy) is 2. The second-order valence-electron chi connectivity index (χ2n) is 6.43. The van der Waals surface area contributed by atoms with Gasteiger partial charge in [0, 0.05) is 17.0 Å². The molecule has 3 aromatic rings. The first kappa shape index (κ1) is 20.0. The summed E-state index contributed by atoms with van der Waals surface area (Å²) in [7, 11) is 1.46. The number of nitrogens with one attached hydrogen (secondary N) is 2. The molecular formula is C19H19ClN4O3S. The third kappa shape index (κ3) is 4.06. The number of benzene rings is 1. The molecule has 9 heteroatoms. The van der Waals surface area contributed by atoms with Crippen LogP contribution >= 0.6 is 22.9 Å². The lowest BCUT2D eigenvalue weighted by atomic mass is 10.1. The summed E-state index contributed by atoms with van der Waals surface area (Å²) < 4.78 is 10.8. The van der Waals surface area contributed by atoms with Gasteiger partial charge in [-0.05, 0) is 32.9 Å². The van der Waals surface area contributed by atoms with E-state index in [4.69, 9.17) is 26.3 Å². The molecule has 0 aliphatic rings. The number of hydrogen-bond acceptors (Lipinski definition) is 7. The van der Waals surface area contributed by atoms with Crippen LogP contribution in [0.3, 0.4) is 0 Å². The predicted molar refractivity (Wildman–Crippen MR) is 111 cm³/mol. The highest BCUT2D eigenvalue weighted by Crippen LogP contribution is 2.32. The molecule has 0 aliphatic heterocycles. The van der Waals surface area contributed by atoms with E-state index in [1.165, 1.54) is 18.4 Å². The summed E-state index contributed by atoms with van der Waals surface area (Å²) in [5.41, 5.74) is 0.937. The van der Waals surface area contributed by atoms with Gasteiger partial charge in [0.2, 0.25) is 5.88 Å². The fourth-order valence-electron chi connectivity index (χ4n) is 2.73. The molecule has 7 nitrogen and oxygen atoms in total. The largest absolute Gasteiger partial charge is 0.489 e. The van der Waals surface area contributed by atoms with E-state index in [9.17, 15) is 4.79 Å². The van der Waals surface area contributed by atoms with Gasteiger partial charge in [0.15, 0.2) is 10.0 Å². The summed E-state index contributed by atoms with van der Waals surface area (Å²) in [5.74, 6) is 0.789. The van der Waals surface area contributed by atoms with Crippen LogP contribution in [0.25, 0.3) is 10.9 Å². The number of nitrogens with zero attached hydrogens (tertiary/aromatic N) is 2. The highest BCUT2D eigenvalue weighted by Gasteiger charge is 2.17. The van der Waals surface area contributed by atoms with E-state index >= 15 is 0 Å². The normalized spacial score (nSPS) is 12.0. The minimum absolute atomic E-state index is 0.0289. The maximum Gasteiger partial charge on any atom is 0.253 e. The van der Waals surface area contributed by atoms with Crippen LogP contribution in [-0.4, -0.2) is 23.2 Å². The summed E-state index contributed by atoms with van der Waals surface area (Å²) in [5, 5.41) is 14.0. The number of anilines is 1. The lowest BCUT2D eigenvalue weighted by molar-refractivity contribution is 0.243. The van der Waals surface area contributed by atoms with E-state index in [0.717, 1.165) is 5.39 Å². The van der Waals surface area contributed by atoms with Crippen molar-refractivity contribution in [3.05, 3.63) is 44.0 Å². The number of aromatic amines is 1. The van der Waals surface area contributed by atoms with E-state index in [-0.39, 0.29) is 23.6 Å². The number of methoxy groups -OCH3 is 1. The zero-order chi connectivity index (χ0) is 20.4. The predicted octanol–water partition coefficient (Wildman–Crippen LogP) is 4.48. The molecule has 2 heterocycles. The molecule has 3 rings (SSSR count). The summed E-state index contributed by atoms with van der Waals surface area (Å²) in [4.78, 5) is 20.1. The van der Waals surface area contributed by atoms with Crippen LogP contribution in [0.15, 0.2) is 23.0 Å². The first-order valence-corrected chi connectivity index (χ1v) is 9.76. The van der Waals surface area contributed by atoms with Crippen molar-refractivity contribution in [2.75, 3.05) is 12.4 Å². The minimum Gasteiger partial charge on any atom is -0.489 e. The van der Waals surface area contributed by atoms with Gasteiger partial charge in [-0.1, -0.05) is 22.9 Å². The quantitative estimate of drug-likeness (QED) is 0.612. The van der Waals surface area contributed by atoms with Crippen LogP contribution in [-0.2, 0) is 0 Å². The monoisotopic (exact) mass is 418 g/mol. The number of H-pyrrole nitrogens is 1. The summed E-state index contributed by atoms with van der Waals surface area (Å²) in [6.07, 6.45) is -0.0289. The molecule has 28 heavy (non-hydrogen) atoms. The topological polar surface area (TPSA) is 100 Å². The van der Waals surface area contributed by atoms with E-state index in [2.05, 4.69) is 15.3 Å². The van der Waals surface area contributed by atoms with Crippen molar-refractivity contribution in [1.29, 1.82) is 5.26 Å². The Bertz CT molecular complexity index is 1120. The Hall–Kier alpha value is -2.76. The Morgan fingerprint density at radius 2 is 2.07 bits per heavy atom. The van der Waals surface area contributed by atoms with Crippen LogP contribution in [0.2, 0.25) is 5.02 Å². The number of halogens is 1. The molecule has 1 aromatic carbocycles. The van der Waals surface area contributed by atoms with Gasteiger partial charge in [-0.15, -0.1) is 0 Å². The van der Waals surface area contributed by atoms with Crippen LogP contribution < -0.4 is 20.3 Å². The zero-order valence-electron chi connectivity index (χ0n) is 15.8. The molecule has 0 bridgehead atoms. The molecule has 0 fully saturated rings. The SMILES string of the molecule is COc1nc(N[C@@H](C)c2cc3cc(Cl)c(OC(C)C)cc3[nH]c2=O)sc1C#N. The van der Waals surface area contributed by atoms with Crippen LogP contribution in [0.1, 0.15) is 37.3 Å². The summed E-state index contributed by atoms with van der Waals surface area (Å²) >= 11 is 7.48. The fraction of sp³-hybridized carbons (Fsp3) is 0.316. The number of rotatable bonds is 6. The lowest BCUT2D eigenvalue weighted by Crippen LogP contribution is -2.19. The van der Waals surface area contributed by atoms with Gasteiger partial charge in [0.05, 0.1) is 29.8 Å². The van der Waals surface area contributed by atoms with Gasteiger partial charge in [-0.25, -0.2) is 0 Å². The highest BCUT2D eigenvalue weighted by atomic mass is 35.5. The minimum atomic E-state index is -0.346. The molecule has 0 amide bonds. The maximum absolute atomic E-state index is 12.6. The molecule has 2 aromatic heterocycles. The third-order valence-electron chi connectivity index (χ3n) is 3.99. The van der Waals surface area contributed by atoms with E-state index in [1.54, 1.807) is 18.2 Å². The first-order chi connectivity index (χ1) is 13.3. The van der Waals surface area contributed by atoms with Gasteiger partial charge < -0.3 is 19.8 Å². The molecule has 0 spiro atoms. The zero-order valence-corrected chi connectivity index (χ0v) is 17.4. The van der Waals surface area contributed by atoms with Gasteiger partial charge >= 0.3 is 0 Å². The van der Waals surface area contributed by atoms with Gasteiger partial charge in [0.25, 0.3) is 5.56 Å². The van der Waals surface area contributed by atoms with Crippen LogP contribution in [0.4, 0.5) is 5.13 Å². The molecule has 2 N–H and O–H groups in total. The lowest BCUT2D eigenvalue weighted by Gasteiger charge is -2.15. The van der Waals surface area contributed by atoms with Gasteiger partial charge in [-0.3, -0.25) is 4.79 Å². The van der Waals surface area contributed by atoms with E-state index in [1.807, 2.05) is 26.8 Å². The fourth-order valence-corrected chi connectivity index (χ4v) is 3.77. The van der Waals surface area contributed by atoms with E-state index < -0.39 is 0 Å². The number of aromatic nitrogens is 2. The van der Waals surface area contributed by atoms with Crippen molar-refractivity contribution in [2.24, 2.45) is 0 Å². The molecule has 0 aliphatic carbocycles. The molecule has 0 saturated heterocycles.